The second-order valence-electron chi connectivity index (χ2n) is 4.83. The summed E-state index contributed by atoms with van der Waals surface area (Å²) in [4.78, 5) is 2.62. The summed E-state index contributed by atoms with van der Waals surface area (Å²) < 4.78 is 5.79. The Balaban J connectivity index is 1.96. The van der Waals surface area contributed by atoms with Crippen molar-refractivity contribution in [1.82, 2.24) is 5.32 Å². The van der Waals surface area contributed by atoms with Crippen LogP contribution in [0.15, 0.2) is 24.3 Å². The first-order valence-corrected chi connectivity index (χ1v) is 8.54. The number of hydrogen-bond donors (Lipinski definition) is 1. The minimum Gasteiger partial charge on any atom is -0.487 e. The lowest BCUT2D eigenvalue weighted by Gasteiger charge is -2.07. The number of benzene rings is 1. The van der Waals surface area contributed by atoms with Crippen LogP contribution in [0.1, 0.15) is 28.7 Å². The zero-order valence-corrected chi connectivity index (χ0v) is 14.5. The van der Waals surface area contributed by atoms with Crippen LogP contribution in [-0.2, 0) is 13.2 Å². The van der Waals surface area contributed by atoms with Gasteiger partial charge in [-0.3, -0.25) is 0 Å². The van der Waals surface area contributed by atoms with Crippen molar-refractivity contribution in [3.63, 3.8) is 0 Å². The van der Waals surface area contributed by atoms with Crippen molar-refractivity contribution in [1.29, 1.82) is 0 Å². The monoisotopic (exact) mass is 343 g/mol. The van der Waals surface area contributed by atoms with Crippen LogP contribution >= 0.6 is 34.5 Å². The normalized spacial score (nSPS) is 10.9. The molecule has 5 heteroatoms. The van der Waals surface area contributed by atoms with Crippen LogP contribution in [0.5, 0.6) is 5.75 Å². The molecule has 0 aliphatic heterocycles. The molecule has 0 fully saturated rings. The van der Waals surface area contributed by atoms with Crippen molar-refractivity contribution in [3.05, 3.63) is 49.6 Å². The molecule has 0 spiro atoms. The lowest BCUT2D eigenvalue weighted by molar-refractivity contribution is 0.306. The molecule has 21 heavy (non-hydrogen) atoms. The van der Waals surface area contributed by atoms with Crippen LogP contribution in [0.25, 0.3) is 0 Å². The van der Waals surface area contributed by atoms with Gasteiger partial charge in [-0.2, -0.15) is 0 Å². The highest BCUT2D eigenvalue weighted by Crippen LogP contribution is 2.29. The average Bonchev–Trinajstić information content (AvgIpc) is 2.79. The number of nitrogens with one attached hydrogen (secondary N) is 1. The van der Waals surface area contributed by atoms with Crippen molar-refractivity contribution in [2.24, 2.45) is 0 Å². The van der Waals surface area contributed by atoms with Gasteiger partial charge in [0, 0.05) is 26.9 Å². The SMILES string of the molecule is CCCNCc1cc(COc2ccc(Cl)cc2Cl)c(C)s1. The van der Waals surface area contributed by atoms with E-state index in [9.17, 15) is 0 Å². The topological polar surface area (TPSA) is 21.3 Å². The fraction of sp³-hybridized carbons (Fsp3) is 0.375. The Morgan fingerprint density at radius 2 is 2.05 bits per heavy atom. The summed E-state index contributed by atoms with van der Waals surface area (Å²) in [6, 6.07) is 7.48. The highest BCUT2D eigenvalue weighted by Gasteiger charge is 2.08. The van der Waals surface area contributed by atoms with Crippen molar-refractivity contribution in [2.75, 3.05) is 6.54 Å². The summed E-state index contributed by atoms with van der Waals surface area (Å²) in [6.45, 7) is 6.78. The number of halogens is 2. The maximum Gasteiger partial charge on any atom is 0.138 e. The molecule has 0 atom stereocenters. The van der Waals surface area contributed by atoms with E-state index in [0.717, 1.165) is 19.5 Å². The zero-order valence-electron chi connectivity index (χ0n) is 12.2. The molecule has 1 aromatic carbocycles. The molecule has 0 saturated heterocycles. The van der Waals surface area contributed by atoms with Gasteiger partial charge in [0.05, 0.1) is 5.02 Å². The molecular weight excluding hydrogens is 325 g/mol. The number of hydrogen-bond acceptors (Lipinski definition) is 3. The molecule has 0 bridgehead atoms. The first kappa shape index (κ1) is 16.6. The van der Waals surface area contributed by atoms with Gasteiger partial charge in [-0.25, -0.2) is 0 Å². The lowest BCUT2D eigenvalue weighted by Crippen LogP contribution is -2.12. The largest absolute Gasteiger partial charge is 0.487 e. The molecule has 0 aliphatic carbocycles. The third-order valence-electron chi connectivity index (χ3n) is 3.07. The average molecular weight is 344 g/mol. The number of ether oxygens (including phenoxy) is 1. The molecule has 2 aromatic rings. The molecular formula is C16H19Cl2NOS. The number of thiophene rings is 1. The van der Waals surface area contributed by atoms with E-state index in [2.05, 4.69) is 25.2 Å². The van der Waals surface area contributed by atoms with Crippen LogP contribution < -0.4 is 10.1 Å². The van der Waals surface area contributed by atoms with Gasteiger partial charge in [0.15, 0.2) is 0 Å². The molecule has 1 aromatic heterocycles. The molecule has 0 aliphatic rings. The molecule has 2 nitrogen and oxygen atoms in total. The summed E-state index contributed by atoms with van der Waals surface area (Å²) in [7, 11) is 0. The van der Waals surface area contributed by atoms with E-state index in [1.54, 1.807) is 18.2 Å². The first-order chi connectivity index (χ1) is 10.1. The lowest BCUT2D eigenvalue weighted by atomic mass is 10.2. The minimum absolute atomic E-state index is 0.525. The van der Waals surface area contributed by atoms with Gasteiger partial charge in [-0.15, -0.1) is 11.3 Å². The third kappa shape index (κ3) is 4.89. The molecule has 0 unspecified atom stereocenters. The van der Waals surface area contributed by atoms with Gasteiger partial charge in [-0.1, -0.05) is 30.1 Å². The molecule has 114 valence electrons. The van der Waals surface area contributed by atoms with Gasteiger partial charge in [-0.05, 0) is 44.2 Å². The van der Waals surface area contributed by atoms with Crippen molar-refractivity contribution in [2.45, 2.75) is 33.4 Å². The minimum atomic E-state index is 0.525. The van der Waals surface area contributed by atoms with E-state index in [-0.39, 0.29) is 0 Å². The Bertz CT molecular complexity index is 598. The van der Waals surface area contributed by atoms with Crippen LogP contribution in [0.4, 0.5) is 0 Å². The van der Waals surface area contributed by atoms with Crippen LogP contribution in [0, 0.1) is 6.92 Å². The molecule has 2 rings (SSSR count). The molecule has 1 N–H and O–H groups in total. The number of rotatable bonds is 7. The van der Waals surface area contributed by atoms with Crippen molar-refractivity contribution in [3.8, 4) is 5.75 Å². The Labute approximate surface area is 140 Å². The molecule has 0 saturated carbocycles. The van der Waals surface area contributed by atoms with Gasteiger partial charge in [0.2, 0.25) is 0 Å². The first-order valence-electron chi connectivity index (χ1n) is 6.97. The van der Waals surface area contributed by atoms with E-state index in [1.807, 2.05) is 11.3 Å². The Kier molecular flexibility index (Phi) is 6.37. The van der Waals surface area contributed by atoms with E-state index in [0.29, 0.717) is 22.4 Å². The van der Waals surface area contributed by atoms with E-state index >= 15 is 0 Å². The van der Waals surface area contributed by atoms with Crippen LogP contribution in [0.3, 0.4) is 0 Å². The smallest absolute Gasteiger partial charge is 0.138 e. The summed E-state index contributed by atoms with van der Waals surface area (Å²) in [5.74, 6) is 0.664. The van der Waals surface area contributed by atoms with E-state index < -0.39 is 0 Å². The Hall–Kier alpha value is -0.740. The van der Waals surface area contributed by atoms with Crippen molar-refractivity contribution >= 4 is 34.5 Å². The standard InChI is InChI=1S/C16H19Cl2NOS/c1-3-6-19-9-14-7-12(11(2)21-14)10-20-16-5-4-13(17)8-15(16)18/h4-5,7-8,19H,3,6,9-10H2,1-2H3. The molecule has 1 heterocycles. The summed E-state index contributed by atoms with van der Waals surface area (Å²) in [5, 5.41) is 4.57. The summed E-state index contributed by atoms with van der Waals surface area (Å²) >= 11 is 13.8. The van der Waals surface area contributed by atoms with Gasteiger partial charge in [0.25, 0.3) is 0 Å². The molecule has 0 radical (unpaired) electrons. The summed E-state index contributed by atoms with van der Waals surface area (Å²) in [5.41, 5.74) is 1.21. The van der Waals surface area contributed by atoms with Gasteiger partial charge in [0.1, 0.15) is 12.4 Å². The summed E-state index contributed by atoms with van der Waals surface area (Å²) in [6.07, 6.45) is 1.15. The predicted octanol–water partition coefficient (Wildman–Crippen LogP) is 5.44. The second-order valence-corrected chi connectivity index (χ2v) is 7.02. The zero-order chi connectivity index (χ0) is 15.2. The van der Waals surface area contributed by atoms with Crippen molar-refractivity contribution < 1.29 is 4.74 Å². The maximum atomic E-state index is 6.11. The van der Waals surface area contributed by atoms with E-state index in [4.69, 9.17) is 27.9 Å². The van der Waals surface area contributed by atoms with Gasteiger partial charge >= 0.3 is 0 Å². The maximum absolute atomic E-state index is 6.11. The molecule has 0 amide bonds. The highest BCUT2D eigenvalue weighted by molar-refractivity contribution is 7.12. The van der Waals surface area contributed by atoms with Crippen LogP contribution in [0.2, 0.25) is 10.0 Å². The number of aryl methyl sites for hydroxylation is 1. The second kappa shape index (κ2) is 8.04. The van der Waals surface area contributed by atoms with E-state index in [1.165, 1.54) is 15.3 Å². The third-order valence-corrected chi connectivity index (χ3v) is 4.70. The highest BCUT2D eigenvalue weighted by atomic mass is 35.5. The fourth-order valence-corrected chi connectivity index (χ4v) is 3.43. The quantitative estimate of drug-likeness (QED) is 0.675. The fourth-order valence-electron chi connectivity index (χ4n) is 1.95. The Morgan fingerprint density at radius 3 is 2.76 bits per heavy atom. The Morgan fingerprint density at radius 1 is 1.24 bits per heavy atom. The predicted molar refractivity (Wildman–Crippen MR) is 91.8 cm³/mol. The van der Waals surface area contributed by atoms with Crippen LogP contribution in [-0.4, -0.2) is 6.54 Å². The van der Waals surface area contributed by atoms with Gasteiger partial charge < -0.3 is 10.1 Å².